The van der Waals surface area contributed by atoms with Crippen LogP contribution in [0, 0.1) is 19.8 Å². The topological polar surface area (TPSA) is 20.3 Å². The zero-order chi connectivity index (χ0) is 14.6. The molecule has 106 valence electrons. The first-order chi connectivity index (χ1) is 8.81. The molecule has 0 saturated heterocycles. The Morgan fingerprint density at radius 1 is 1.16 bits per heavy atom. The van der Waals surface area contributed by atoms with Gasteiger partial charge in [0.1, 0.15) is 0 Å². The fourth-order valence-corrected chi connectivity index (χ4v) is 2.25. The summed E-state index contributed by atoms with van der Waals surface area (Å²) in [5.41, 5.74) is 3.24. The summed E-state index contributed by atoms with van der Waals surface area (Å²) < 4.78 is 0. The van der Waals surface area contributed by atoms with Crippen molar-refractivity contribution in [3.05, 3.63) is 34.9 Å². The van der Waals surface area contributed by atoms with Crippen molar-refractivity contribution in [2.75, 3.05) is 13.6 Å². The second-order valence-corrected chi connectivity index (χ2v) is 6.12. The van der Waals surface area contributed by atoms with E-state index in [-0.39, 0.29) is 5.78 Å². The molecule has 1 aromatic carbocycles. The number of aryl methyl sites for hydroxylation is 2. The Morgan fingerprint density at radius 3 is 2.32 bits per heavy atom. The largest absolute Gasteiger partial charge is 0.296 e. The minimum Gasteiger partial charge on any atom is -0.296 e. The van der Waals surface area contributed by atoms with Gasteiger partial charge < -0.3 is 0 Å². The molecule has 2 heteroatoms. The molecule has 2 nitrogen and oxygen atoms in total. The number of hydrogen-bond donors (Lipinski definition) is 0. The molecular formula is C17H27NO. The maximum Gasteiger partial charge on any atom is 0.176 e. The predicted octanol–water partition coefficient (Wildman–Crippen LogP) is 3.85. The van der Waals surface area contributed by atoms with E-state index >= 15 is 0 Å². The van der Waals surface area contributed by atoms with Gasteiger partial charge in [-0.2, -0.15) is 0 Å². The number of ketones is 1. The van der Waals surface area contributed by atoms with Gasteiger partial charge in [-0.05, 0) is 57.4 Å². The van der Waals surface area contributed by atoms with Crippen LogP contribution in [-0.4, -0.2) is 30.3 Å². The molecule has 0 bridgehead atoms. The van der Waals surface area contributed by atoms with Crippen molar-refractivity contribution < 1.29 is 4.79 Å². The van der Waals surface area contributed by atoms with Crippen molar-refractivity contribution in [1.29, 1.82) is 0 Å². The van der Waals surface area contributed by atoms with E-state index < -0.39 is 0 Å². The smallest absolute Gasteiger partial charge is 0.176 e. The quantitative estimate of drug-likeness (QED) is 0.725. The number of carbonyl (C=O) groups is 1. The van der Waals surface area contributed by atoms with Crippen LogP contribution in [0.4, 0.5) is 0 Å². The lowest BCUT2D eigenvalue weighted by atomic mass is 10.0. The summed E-state index contributed by atoms with van der Waals surface area (Å²) in [6.45, 7) is 11.2. The fraction of sp³-hybridized carbons (Fsp3) is 0.588. The molecule has 0 N–H and O–H groups in total. The fourth-order valence-electron chi connectivity index (χ4n) is 2.25. The van der Waals surface area contributed by atoms with Crippen molar-refractivity contribution >= 4 is 5.78 Å². The molecule has 0 spiro atoms. The molecule has 1 rings (SSSR count). The molecule has 1 aromatic rings. The van der Waals surface area contributed by atoms with Gasteiger partial charge in [0, 0.05) is 11.6 Å². The van der Waals surface area contributed by atoms with Crippen molar-refractivity contribution in [2.24, 2.45) is 5.92 Å². The Labute approximate surface area is 117 Å². The molecule has 0 aromatic heterocycles. The number of Topliss-reactive ketones (excluding diaryl/α,β-unsaturated/α-hetero) is 1. The molecule has 0 aliphatic heterocycles. The molecule has 0 amide bonds. The highest BCUT2D eigenvalue weighted by molar-refractivity contribution is 5.97. The molecule has 0 radical (unpaired) electrons. The first-order valence-electron chi connectivity index (χ1n) is 7.12. The van der Waals surface area contributed by atoms with E-state index in [1.807, 2.05) is 25.2 Å². The molecule has 0 aliphatic carbocycles. The van der Waals surface area contributed by atoms with Gasteiger partial charge in [0.15, 0.2) is 5.78 Å². The van der Waals surface area contributed by atoms with Crippen molar-refractivity contribution in [1.82, 2.24) is 4.90 Å². The zero-order valence-electron chi connectivity index (χ0n) is 13.2. The molecule has 0 aliphatic rings. The van der Waals surface area contributed by atoms with E-state index in [9.17, 15) is 4.79 Å². The van der Waals surface area contributed by atoms with Gasteiger partial charge in [0.25, 0.3) is 0 Å². The molecule has 1 unspecified atom stereocenters. The molecule has 1 atom stereocenters. The lowest BCUT2D eigenvalue weighted by Crippen LogP contribution is -2.34. The van der Waals surface area contributed by atoms with E-state index in [0.717, 1.165) is 12.0 Å². The minimum absolute atomic E-state index is 0.209. The number of nitrogens with zero attached hydrogens (tertiary/aromatic N) is 1. The van der Waals surface area contributed by atoms with Crippen molar-refractivity contribution in [3.8, 4) is 0 Å². The van der Waals surface area contributed by atoms with Crippen LogP contribution >= 0.6 is 0 Å². The lowest BCUT2D eigenvalue weighted by molar-refractivity contribution is 0.0916. The van der Waals surface area contributed by atoms with Crippen LogP contribution in [0.15, 0.2) is 18.2 Å². The van der Waals surface area contributed by atoms with Crippen LogP contribution < -0.4 is 0 Å². The number of rotatable bonds is 6. The maximum atomic E-state index is 12.3. The van der Waals surface area contributed by atoms with E-state index in [1.165, 1.54) is 11.1 Å². The number of benzene rings is 1. The van der Waals surface area contributed by atoms with Gasteiger partial charge in [-0.3, -0.25) is 9.69 Å². The van der Waals surface area contributed by atoms with Gasteiger partial charge in [0.05, 0.1) is 6.54 Å². The first kappa shape index (κ1) is 15.9. The van der Waals surface area contributed by atoms with Crippen LogP contribution in [0.1, 0.15) is 48.7 Å². The van der Waals surface area contributed by atoms with Gasteiger partial charge in [0.2, 0.25) is 0 Å². The summed E-state index contributed by atoms with van der Waals surface area (Å²) in [5, 5.41) is 0. The zero-order valence-corrected chi connectivity index (χ0v) is 13.2. The average molecular weight is 261 g/mol. The Morgan fingerprint density at radius 2 is 1.79 bits per heavy atom. The summed E-state index contributed by atoms with van der Waals surface area (Å²) in [7, 11) is 2.03. The molecule has 0 heterocycles. The number of carbonyl (C=O) groups excluding carboxylic acids is 1. The third-order valence-electron chi connectivity index (χ3n) is 3.79. The summed E-state index contributed by atoms with van der Waals surface area (Å²) in [6, 6.07) is 6.40. The highest BCUT2D eigenvalue weighted by Crippen LogP contribution is 2.13. The number of likely N-dealkylation sites (N-methyl/N-ethyl adjacent to an activating group) is 1. The van der Waals surface area contributed by atoms with E-state index in [0.29, 0.717) is 18.5 Å². The number of hydrogen-bond acceptors (Lipinski definition) is 2. The molecule has 19 heavy (non-hydrogen) atoms. The van der Waals surface area contributed by atoms with E-state index in [4.69, 9.17) is 0 Å². The van der Waals surface area contributed by atoms with Crippen molar-refractivity contribution in [3.63, 3.8) is 0 Å². The monoisotopic (exact) mass is 261 g/mol. The normalized spacial score (nSPS) is 13.1. The van der Waals surface area contributed by atoms with Crippen LogP contribution in [-0.2, 0) is 0 Å². The molecule has 0 fully saturated rings. The molecule has 0 saturated carbocycles. The van der Waals surface area contributed by atoms with Crippen LogP contribution in [0.2, 0.25) is 0 Å². The summed E-state index contributed by atoms with van der Waals surface area (Å²) in [5.74, 6) is 0.871. The Balaban J connectivity index is 2.66. The minimum atomic E-state index is 0.209. The second-order valence-electron chi connectivity index (χ2n) is 6.12. The SMILES string of the molecule is Cc1ccc(C(=O)CN(C)C(C)CC(C)C)cc1C. The van der Waals surface area contributed by atoms with Crippen molar-refractivity contribution in [2.45, 2.75) is 47.1 Å². The summed E-state index contributed by atoms with van der Waals surface area (Å²) >= 11 is 0. The highest BCUT2D eigenvalue weighted by atomic mass is 16.1. The standard InChI is InChI=1S/C17H27NO/c1-12(2)9-15(5)18(6)11-17(19)16-8-7-13(3)14(4)10-16/h7-8,10,12,15H,9,11H2,1-6H3. The van der Waals surface area contributed by atoms with Gasteiger partial charge >= 0.3 is 0 Å². The first-order valence-corrected chi connectivity index (χ1v) is 7.12. The summed E-state index contributed by atoms with van der Waals surface area (Å²) in [6.07, 6.45) is 1.12. The van der Waals surface area contributed by atoms with E-state index in [1.54, 1.807) is 0 Å². The van der Waals surface area contributed by atoms with E-state index in [2.05, 4.69) is 39.5 Å². The predicted molar refractivity (Wildman–Crippen MR) is 81.8 cm³/mol. The van der Waals surface area contributed by atoms with Crippen LogP contribution in [0.3, 0.4) is 0 Å². The van der Waals surface area contributed by atoms with Crippen LogP contribution in [0.25, 0.3) is 0 Å². The summed E-state index contributed by atoms with van der Waals surface area (Å²) in [4.78, 5) is 14.4. The average Bonchev–Trinajstić information content (AvgIpc) is 2.31. The van der Waals surface area contributed by atoms with Gasteiger partial charge in [-0.15, -0.1) is 0 Å². The molecular weight excluding hydrogens is 234 g/mol. The Hall–Kier alpha value is -1.15. The lowest BCUT2D eigenvalue weighted by Gasteiger charge is -2.25. The van der Waals surface area contributed by atoms with Gasteiger partial charge in [-0.1, -0.05) is 26.0 Å². The Bertz CT molecular complexity index is 437. The third-order valence-corrected chi connectivity index (χ3v) is 3.79. The van der Waals surface area contributed by atoms with Crippen LogP contribution in [0.5, 0.6) is 0 Å². The van der Waals surface area contributed by atoms with Gasteiger partial charge in [-0.25, -0.2) is 0 Å². The highest BCUT2D eigenvalue weighted by Gasteiger charge is 2.15. The maximum absolute atomic E-state index is 12.3. The Kier molecular flexibility index (Phi) is 5.74. The second kappa shape index (κ2) is 6.85. The third kappa shape index (κ3) is 4.79.